The van der Waals surface area contributed by atoms with Gasteiger partial charge in [-0.3, -0.25) is 9.80 Å². The van der Waals surface area contributed by atoms with Gasteiger partial charge in [0.15, 0.2) is 0 Å². The molecule has 1 aliphatic carbocycles. The van der Waals surface area contributed by atoms with Crippen LogP contribution in [0.25, 0.3) is 0 Å². The first-order chi connectivity index (χ1) is 12.2. The van der Waals surface area contributed by atoms with E-state index in [1.54, 1.807) is 5.56 Å². The van der Waals surface area contributed by atoms with Crippen LogP contribution in [0.1, 0.15) is 36.8 Å². The molecule has 0 aromatic heterocycles. The van der Waals surface area contributed by atoms with E-state index >= 15 is 0 Å². The molecule has 0 radical (unpaired) electrons. The lowest BCUT2D eigenvalue weighted by Crippen LogP contribution is -2.46. The van der Waals surface area contributed by atoms with Gasteiger partial charge in [0.1, 0.15) is 0 Å². The second kappa shape index (κ2) is 6.79. The van der Waals surface area contributed by atoms with Crippen LogP contribution >= 0.6 is 0 Å². The summed E-state index contributed by atoms with van der Waals surface area (Å²) >= 11 is 0. The van der Waals surface area contributed by atoms with Gasteiger partial charge < -0.3 is 10.0 Å². The van der Waals surface area contributed by atoms with Gasteiger partial charge in [-0.2, -0.15) is 5.10 Å². The van der Waals surface area contributed by atoms with E-state index in [9.17, 15) is 9.90 Å². The lowest BCUT2D eigenvalue weighted by Gasteiger charge is -2.41. The number of hydrogen-bond donors (Lipinski definition) is 1. The van der Waals surface area contributed by atoms with Crippen LogP contribution in [-0.4, -0.2) is 59.9 Å². The summed E-state index contributed by atoms with van der Waals surface area (Å²) in [5.74, 6) is -1.06. The molecule has 2 heterocycles. The van der Waals surface area contributed by atoms with Crippen molar-refractivity contribution in [1.29, 1.82) is 0 Å². The Morgan fingerprint density at radius 3 is 2.68 bits per heavy atom. The SMILES string of the molecule is O=C(O)C(CN1CCC2(CCc3ccccc32)CC1)CN1CCC=N1. The summed E-state index contributed by atoms with van der Waals surface area (Å²) < 4.78 is 0. The van der Waals surface area contributed by atoms with Gasteiger partial charge >= 0.3 is 5.97 Å². The molecule has 0 saturated carbocycles. The number of nitrogens with zero attached hydrogens (tertiary/aromatic N) is 3. The normalized spacial score (nSPS) is 23.1. The number of hydrogen-bond acceptors (Lipinski definition) is 4. The number of aliphatic carboxylic acids is 1. The molecular weight excluding hydrogens is 314 g/mol. The molecule has 25 heavy (non-hydrogen) atoms. The highest BCUT2D eigenvalue weighted by Crippen LogP contribution is 2.46. The second-order valence-electron chi connectivity index (χ2n) is 7.77. The second-order valence-corrected chi connectivity index (χ2v) is 7.77. The fourth-order valence-electron chi connectivity index (χ4n) is 4.80. The molecule has 2 aliphatic heterocycles. The molecule has 1 aromatic rings. The van der Waals surface area contributed by atoms with Crippen molar-refractivity contribution in [2.45, 2.75) is 37.5 Å². The molecule has 3 aliphatic rings. The summed E-state index contributed by atoms with van der Waals surface area (Å²) in [6, 6.07) is 8.89. The molecule has 5 heteroatoms. The molecule has 1 spiro atoms. The molecular formula is C20H27N3O2. The van der Waals surface area contributed by atoms with Gasteiger partial charge in [-0.15, -0.1) is 0 Å². The zero-order chi connectivity index (χ0) is 17.3. The first kappa shape index (κ1) is 16.6. The van der Waals surface area contributed by atoms with Crippen molar-refractivity contribution in [2.24, 2.45) is 11.0 Å². The predicted molar refractivity (Wildman–Crippen MR) is 97.9 cm³/mol. The van der Waals surface area contributed by atoms with Gasteiger partial charge in [-0.05, 0) is 55.3 Å². The zero-order valence-electron chi connectivity index (χ0n) is 14.7. The van der Waals surface area contributed by atoms with Gasteiger partial charge in [-0.1, -0.05) is 24.3 Å². The molecule has 5 nitrogen and oxygen atoms in total. The first-order valence-electron chi connectivity index (χ1n) is 9.47. The van der Waals surface area contributed by atoms with Crippen LogP contribution in [0, 0.1) is 5.92 Å². The number of aryl methyl sites for hydroxylation is 1. The average molecular weight is 341 g/mol. The van der Waals surface area contributed by atoms with E-state index in [0.29, 0.717) is 18.5 Å². The number of carboxylic acid groups (broad SMARTS) is 1. The smallest absolute Gasteiger partial charge is 0.309 e. The Kier molecular flexibility index (Phi) is 4.50. The van der Waals surface area contributed by atoms with Crippen molar-refractivity contribution >= 4 is 12.2 Å². The summed E-state index contributed by atoms with van der Waals surface area (Å²) in [7, 11) is 0. The Morgan fingerprint density at radius 1 is 1.16 bits per heavy atom. The first-order valence-corrected chi connectivity index (χ1v) is 9.47. The van der Waals surface area contributed by atoms with E-state index in [2.05, 4.69) is 34.3 Å². The van der Waals surface area contributed by atoms with Crippen LogP contribution in [-0.2, 0) is 16.6 Å². The number of carboxylic acids is 1. The monoisotopic (exact) mass is 341 g/mol. The van der Waals surface area contributed by atoms with Crippen molar-refractivity contribution in [3.05, 3.63) is 35.4 Å². The van der Waals surface area contributed by atoms with E-state index in [4.69, 9.17) is 0 Å². The van der Waals surface area contributed by atoms with Gasteiger partial charge in [0.05, 0.1) is 12.5 Å². The summed E-state index contributed by atoms with van der Waals surface area (Å²) in [6.45, 7) is 4.02. The van der Waals surface area contributed by atoms with Crippen molar-refractivity contribution in [1.82, 2.24) is 9.91 Å². The Balaban J connectivity index is 1.37. The number of likely N-dealkylation sites (tertiary alicyclic amines) is 1. The summed E-state index contributed by atoms with van der Waals surface area (Å²) in [6.07, 6.45) is 7.56. The minimum Gasteiger partial charge on any atom is -0.481 e. The quantitative estimate of drug-likeness (QED) is 0.893. The maximum atomic E-state index is 11.7. The Hall–Kier alpha value is -1.88. The van der Waals surface area contributed by atoms with Crippen molar-refractivity contribution in [3.63, 3.8) is 0 Å². The third-order valence-corrected chi connectivity index (χ3v) is 6.29. The van der Waals surface area contributed by atoms with Crippen LogP contribution in [0.5, 0.6) is 0 Å². The summed E-state index contributed by atoms with van der Waals surface area (Å²) in [5, 5.41) is 15.8. The van der Waals surface area contributed by atoms with E-state index in [0.717, 1.165) is 38.9 Å². The topological polar surface area (TPSA) is 56.1 Å². The number of hydrazone groups is 1. The third kappa shape index (κ3) is 3.30. The van der Waals surface area contributed by atoms with Gasteiger partial charge in [0.2, 0.25) is 0 Å². The maximum absolute atomic E-state index is 11.7. The molecule has 1 atom stereocenters. The van der Waals surface area contributed by atoms with Crippen LogP contribution in [0.15, 0.2) is 29.4 Å². The molecule has 134 valence electrons. The molecule has 1 N–H and O–H groups in total. The van der Waals surface area contributed by atoms with E-state index in [1.165, 1.54) is 18.4 Å². The predicted octanol–water partition coefficient (Wildman–Crippen LogP) is 2.36. The van der Waals surface area contributed by atoms with Gasteiger partial charge in [0, 0.05) is 25.7 Å². The van der Waals surface area contributed by atoms with Crippen molar-refractivity contribution in [3.8, 4) is 0 Å². The molecule has 4 rings (SSSR count). The lowest BCUT2D eigenvalue weighted by atomic mass is 9.74. The number of carbonyl (C=O) groups is 1. The minimum atomic E-state index is -0.700. The van der Waals surface area contributed by atoms with Crippen LogP contribution < -0.4 is 0 Å². The molecule has 0 amide bonds. The van der Waals surface area contributed by atoms with Gasteiger partial charge in [0.25, 0.3) is 0 Å². The minimum absolute atomic E-state index is 0.338. The Labute approximate surface area is 149 Å². The van der Waals surface area contributed by atoms with E-state index in [1.807, 2.05) is 11.2 Å². The van der Waals surface area contributed by atoms with Crippen molar-refractivity contribution in [2.75, 3.05) is 32.7 Å². The third-order valence-electron chi connectivity index (χ3n) is 6.29. The standard InChI is InChI=1S/C20H27N3O2/c24-19(25)17(15-23-11-3-10-21-23)14-22-12-8-20(9-13-22)7-6-16-4-1-2-5-18(16)20/h1-2,4-5,10,17H,3,6-9,11-15H2,(H,24,25). The number of piperidine rings is 1. The van der Waals surface area contributed by atoms with E-state index in [-0.39, 0.29) is 5.92 Å². The fourth-order valence-corrected chi connectivity index (χ4v) is 4.80. The number of benzene rings is 1. The summed E-state index contributed by atoms with van der Waals surface area (Å²) in [4.78, 5) is 14.0. The Morgan fingerprint density at radius 2 is 1.96 bits per heavy atom. The van der Waals surface area contributed by atoms with Crippen LogP contribution in [0.2, 0.25) is 0 Å². The fraction of sp³-hybridized carbons (Fsp3) is 0.600. The van der Waals surface area contributed by atoms with Crippen LogP contribution in [0.4, 0.5) is 0 Å². The van der Waals surface area contributed by atoms with Crippen LogP contribution in [0.3, 0.4) is 0 Å². The lowest BCUT2D eigenvalue weighted by molar-refractivity contribution is -0.143. The molecule has 1 fully saturated rings. The molecule has 0 bridgehead atoms. The average Bonchev–Trinajstić information content (AvgIpc) is 3.25. The highest BCUT2D eigenvalue weighted by molar-refractivity contribution is 5.70. The number of rotatable bonds is 5. The van der Waals surface area contributed by atoms with E-state index < -0.39 is 5.97 Å². The maximum Gasteiger partial charge on any atom is 0.309 e. The summed E-state index contributed by atoms with van der Waals surface area (Å²) in [5.41, 5.74) is 3.41. The molecule has 1 saturated heterocycles. The number of fused-ring (bicyclic) bond motifs is 2. The molecule has 1 aromatic carbocycles. The highest BCUT2D eigenvalue weighted by Gasteiger charge is 2.41. The molecule has 1 unspecified atom stereocenters. The largest absolute Gasteiger partial charge is 0.481 e. The zero-order valence-corrected chi connectivity index (χ0v) is 14.7. The Bertz CT molecular complexity index is 665. The van der Waals surface area contributed by atoms with Crippen molar-refractivity contribution < 1.29 is 9.90 Å². The highest BCUT2D eigenvalue weighted by atomic mass is 16.4. The van der Waals surface area contributed by atoms with Gasteiger partial charge in [-0.25, -0.2) is 0 Å².